The van der Waals surface area contributed by atoms with Crippen LogP contribution < -0.4 is 9.47 Å². The SMILES string of the molecule is CCc1ccc(C(=O)N(CC(=O)N(CCc2ccc(OC)c(OC)c2)Cc2cccs2)C(C)CC)cc1. The fourth-order valence-corrected chi connectivity index (χ4v) is 4.84. The van der Waals surface area contributed by atoms with Crippen LogP contribution in [0.4, 0.5) is 0 Å². The molecule has 1 unspecified atom stereocenters. The molecular formula is C30H38N2O4S. The summed E-state index contributed by atoms with van der Waals surface area (Å²) in [7, 11) is 3.23. The van der Waals surface area contributed by atoms with Gasteiger partial charge in [0, 0.05) is 23.0 Å². The molecule has 0 bridgehead atoms. The first-order chi connectivity index (χ1) is 17.9. The molecule has 7 heteroatoms. The number of nitrogens with zero attached hydrogens (tertiary/aromatic N) is 2. The number of hydrogen-bond acceptors (Lipinski definition) is 5. The monoisotopic (exact) mass is 522 g/mol. The highest BCUT2D eigenvalue weighted by Crippen LogP contribution is 2.28. The average molecular weight is 523 g/mol. The minimum atomic E-state index is -0.110. The van der Waals surface area contributed by atoms with Gasteiger partial charge in [-0.25, -0.2) is 0 Å². The lowest BCUT2D eigenvalue weighted by molar-refractivity contribution is -0.132. The van der Waals surface area contributed by atoms with Crippen molar-refractivity contribution in [2.24, 2.45) is 0 Å². The molecule has 0 saturated heterocycles. The summed E-state index contributed by atoms with van der Waals surface area (Å²) in [5.74, 6) is 1.17. The first kappa shape index (κ1) is 28.3. The van der Waals surface area contributed by atoms with Gasteiger partial charge in [0.1, 0.15) is 6.54 Å². The van der Waals surface area contributed by atoms with E-state index in [2.05, 4.69) is 6.92 Å². The van der Waals surface area contributed by atoms with E-state index in [0.717, 1.165) is 23.3 Å². The molecule has 0 aliphatic carbocycles. The Morgan fingerprint density at radius 1 is 0.946 bits per heavy atom. The van der Waals surface area contributed by atoms with Gasteiger partial charge in [0.15, 0.2) is 11.5 Å². The van der Waals surface area contributed by atoms with Gasteiger partial charge in [0.25, 0.3) is 5.91 Å². The number of methoxy groups -OCH3 is 2. The van der Waals surface area contributed by atoms with Crippen LogP contribution in [0.5, 0.6) is 11.5 Å². The van der Waals surface area contributed by atoms with E-state index in [1.807, 2.05) is 78.7 Å². The molecule has 3 rings (SSSR count). The maximum absolute atomic E-state index is 13.7. The maximum atomic E-state index is 13.7. The van der Waals surface area contributed by atoms with E-state index in [4.69, 9.17) is 9.47 Å². The lowest BCUT2D eigenvalue weighted by atomic mass is 10.1. The molecule has 1 atom stereocenters. The van der Waals surface area contributed by atoms with E-state index in [-0.39, 0.29) is 24.4 Å². The number of hydrogen-bond donors (Lipinski definition) is 0. The highest BCUT2D eigenvalue weighted by atomic mass is 32.1. The largest absolute Gasteiger partial charge is 0.493 e. The fourth-order valence-electron chi connectivity index (χ4n) is 4.13. The van der Waals surface area contributed by atoms with Gasteiger partial charge in [0.2, 0.25) is 5.91 Å². The number of thiophene rings is 1. The number of carbonyl (C=O) groups is 2. The second-order valence-corrected chi connectivity index (χ2v) is 10.1. The number of benzene rings is 2. The van der Waals surface area contributed by atoms with E-state index < -0.39 is 0 Å². The van der Waals surface area contributed by atoms with Crippen molar-refractivity contribution in [3.05, 3.63) is 81.5 Å². The summed E-state index contributed by atoms with van der Waals surface area (Å²) in [5.41, 5.74) is 2.84. The Morgan fingerprint density at radius 2 is 1.65 bits per heavy atom. The lowest BCUT2D eigenvalue weighted by Crippen LogP contribution is -2.46. The third-order valence-corrected chi connectivity index (χ3v) is 7.56. The fraction of sp³-hybridized carbons (Fsp3) is 0.400. The normalized spacial score (nSPS) is 11.6. The van der Waals surface area contributed by atoms with Crippen molar-refractivity contribution >= 4 is 23.2 Å². The predicted molar refractivity (Wildman–Crippen MR) is 150 cm³/mol. The van der Waals surface area contributed by atoms with E-state index >= 15 is 0 Å². The van der Waals surface area contributed by atoms with Gasteiger partial charge in [-0.1, -0.05) is 38.1 Å². The third-order valence-electron chi connectivity index (χ3n) is 6.70. The summed E-state index contributed by atoms with van der Waals surface area (Å²) in [4.78, 5) is 31.8. The van der Waals surface area contributed by atoms with Crippen LogP contribution in [0, 0.1) is 0 Å². The Morgan fingerprint density at radius 3 is 2.24 bits per heavy atom. The molecule has 0 N–H and O–H groups in total. The molecule has 37 heavy (non-hydrogen) atoms. The summed E-state index contributed by atoms with van der Waals surface area (Å²) >= 11 is 1.63. The minimum absolute atomic E-state index is 0.0423. The van der Waals surface area contributed by atoms with Gasteiger partial charge in [0.05, 0.1) is 20.8 Å². The molecular weight excluding hydrogens is 484 g/mol. The van der Waals surface area contributed by atoms with E-state index in [0.29, 0.717) is 36.6 Å². The number of amides is 2. The molecule has 0 fully saturated rings. The molecule has 3 aromatic rings. The Bertz CT molecular complexity index is 1140. The Balaban J connectivity index is 1.79. The molecule has 0 spiro atoms. The average Bonchev–Trinajstić information content (AvgIpc) is 3.46. The molecule has 1 aromatic heterocycles. The summed E-state index contributed by atoms with van der Waals surface area (Å²) in [6.07, 6.45) is 2.34. The zero-order chi connectivity index (χ0) is 26.8. The number of rotatable bonds is 13. The molecule has 0 aliphatic heterocycles. The Kier molecular flexibility index (Phi) is 10.6. The molecule has 6 nitrogen and oxygen atoms in total. The maximum Gasteiger partial charge on any atom is 0.254 e. The van der Waals surface area contributed by atoms with E-state index in [1.54, 1.807) is 30.5 Å². The van der Waals surface area contributed by atoms with Crippen LogP contribution in [-0.2, 0) is 24.2 Å². The number of aryl methyl sites for hydroxylation is 1. The van der Waals surface area contributed by atoms with Crippen molar-refractivity contribution in [3.8, 4) is 11.5 Å². The first-order valence-electron chi connectivity index (χ1n) is 12.8. The van der Waals surface area contributed by atoms with Crippen LogP contribution in [0.2, 0.25) is 0 Å². The topological polar surface area (TPSA) is 59.1 Å². The second-order valence-electron chi connectivity index (χ2n) is 9.07. The van der Waals surface area contributed by atoms with Crippen LogP contribution in [0.1, 0.15) is 53.6 Å². The van der Waals surface area contributed by atoms with E-state index in [1.165, 1.54) is 5.56 Å². The molecule has 0 saturated carbocycles. The van der Waals surface area contributed by atoms with Crippen LogP contribution in [0.25, 0.3) is 0 Å². The molecule has 2 aromatic carbocycles. The summed E-state index contributed by atoms with van der Waals surface area (Å²) < 4.78 is 10.8. The molecule has 198 valence electrons. The molecule has 0 radical (unpaired) electrons. The van der Waals surface area contributed by atoms with Crippen molar-refractivity contribution < 1.29 is 19.1 Å². The third kappa shape index (κ3) is 7.59. The summed E-state index contributed by atoms with van der Waals surface area (Å²) in [5, 5.41) is 2.02. The van der Waals surface area contributed by atoms with Gasteiger partial charge in [-0.15, -0.1) is 11.3 Å². The van der Waals surface area contributed by atoms with Crippen molar-refractivity contribution in [2.45, 2.75) is 52.6 Å². The zero-order valence-electron chi connectivity index (χ0n) is 22.5. The van der Waals surface area contributed by atoms with Crippen molar-refractivity contribution in [3.63, 3.8) is 0 Å². The standard InChI is InChI=1S/C30H38N2O4S/c1-6-22(3)32(30(34)25-13-10-23(7-2)11-14-25)21-29(33)31(20-26-9-8-18-37-26)17-16-24-12-15-27(35-4)28(19-24)36-5/h8-15,18-19,22H,6-7,16-17,20-21H2,1-5H3. The second kappa shape index (κ2) is 13.8. The summed E-state index contributed by atoms with van der Waals surface area (Å²) in [6.45, 7) is 7.21. The van der Waals surface area contributed by atoms with Crippen LogP contribution in [0.3, 0.4) is 0 Å². The van der Waals surface area contributed by atoms with Crippen LogP contribution in [-0.4, -0.2) is 55.0 Å². The van der Waals surface area contributed by atoms with Gasteiger partial charge in [-0.3, -0.25) is 9.59 Å². The van der Waals surface area contributed by atoms with Crippen molar-refractivity contribution in [2.75, 3.05) is 27.3 Å². The van der Waals surface area contributed by atoms with Gasteiger partial charge in [-0.05, 0) is 73.0 Å². The quantitative estimate of drug-likeness (QED) is 0.283. The minimum Gasteiger partial charge on any atom is -0.493 e. The highest BCUT2D eigenvalue weighted by Gasteiger charge is 2.26. The first-order valence-corrected chi connectivity index (χ1v) is 13.7. The lowest BCUT2D eigenvalue weighted by Gasteiger charge is -2.31. The molecule has 2 amide bonds. The molecule has 0 aliphatic rings. The zero-order valence-corrected chi connectivity index (χ0v) is 23.3. The van der Waals surface area contributed by atoms with Crippen molar-refractivity contribution in [1.29, 1.82) is 0 Å². The predicted octanol–water partition coefficient (Wildman–Crippen LogP) is 5.84. The Hall–Kier alpha value is -3.32. The van der Waals surface area contributed by atoms with Crippen LogP contribution in [0.15, 0.2) is 60.0 Å². The Labute approximate surface area is 224 Å². The number of ether oxygens (including phenoxy) is 2. The highest BCUT2D eigenvalue weighted by molar-refractivity contribution is 7.09. The smallest absolute Gasteiger partial charge is 0.254 e. The molecule has 1 heterocycles. The van der Waals surface area contributed by atoms with E-state index in [9.17, 15) is 9.59 Å². The van der Waals surface area contributed by atoms with Crippen molar-refractivity contribution in [1.82, 2.24) is 9.80 Å². The van der Waals surface area contributed by atoms with Crippen LogP contribution >= 0.6 is 11.3 Å². The van der Waals surface area contributed by atoms with Gasteiger partial charge in [-0.2, -0.15) is 0 Å². The summed E-state index contributed by atoms with van der Waals surface area (Å²) in [6, 6.07) is 17.5. The van der Waals surface area contributed by atoms with Gasteiger partial charge >= 0.3 is 0 Å². The number of carbonyl (C=O) groups excluding carboxylic acids is 2. The van der Waals surface area contributed by atoms with Gasteiger partial charge < -0.3 is 19.3 Å².